The topological polar surface area (TPSA) is 24.8 Å². The molecule has 0 atom stereocenters. The molecule has 0 aliphatic heterocycles. The van der Waals surface area contributed by atoms with Crippen LogP contribution >= 0.6 is 0 Å². The van der Waals surface area contributed by atoms with Gasteiger partial charge in [-0.2, -0.15) is 5.10 Å². The van der Waals surface area contributed by atoms with Gasteiger partial charge in [-0.15, -0.1) is 0 Å². The van der Waals surface area contributed by atoms with Crippen LogP contribution in [-0.4, -0.2) is 13.3 Å². The average molecular weight is 302 g/mol. The Bertz CT molecular complexity index is 730. The van der Waals surface area contributed by atoms with Gasteiger partial charge in [0.2, 0.25) is 0 Å². The van der Waals surface area contributed by atoms with E-state index in [2.05, 4.69) is 5.10 Å². The predicted molar refractivity (Wildman–Crippen MR) is 95.6 cm³/mol. The molecule has 0 spiro atoms. The summed E-state index contributed by atoms with van der Waals surface area (Å²) in [5.41, 5.74) is 3.01. The van der Waals surface area contributed by atoms with E-state index in [9.17, 15) is 0 Å². The lowest BCUT2D eigenvalue weighted by Gasteiger charge is -2.19. The van der Waals surface area contributed by atoms with Crippen LogP contribution in [0.25, 0.3) is 0 Å². The molecule has 3 aromatic rings. The number of para-hydroxylation sites is 2. The highest BCUT2D eigenvalue weighted by molar-refractivity contribution is 5.82. The highest BCUT2D eigenvalue weighted by Gasteiger charge is 2.06. The van der Waals surface area contributed by atoms with E-state index in [4.69, 9.17) is 4.74 Å². The van der Waals surface area contributed by atoms with Crippen molar-refractivity contribution in [1.82, 2.24) is 0 Å². The summed E-state index contributed by atoms with van der Waals surface area (Å²) < 4.78 is 5.26. The molecular weight excluding hydrogens is 284 g/mol. The van der Waals surface area contributed by atoms with E-state index in [0.717, 1.165) is 22.7 Å². The van der Waals surface area contributed by atoms with Crippen LogP contribution in [0, 0.1) is 0 Å². The summed E-state index contributed by atoms with van der Waals surface area (Å²) in [7, 11) is 1.66. The van der Waals surface area contributed by atoms with E-state index in [0.29, 0.717) is 0 Å². The zero-order chi connectivity index (χ0) is 15.9. The largest absolute Gasteiger partial charge is 0.497 e. The molecule has 3 aromatic carbocycles. The maximum atomic E-state index is 5.26. The number of hydrogen-bond donors (Lipinski definition) is 0. The van der Waals surface area contributed by atoms with Gasteiger partial charge in [0.05, 0.1) is 24.7 Å². The molecule has 0 amide bonds. The van der Waals surface area contributed by atoms with Gasteiger partial charge in [-0.1, -0.05) is 48.5 Å². The fraction of sp³-hybridized carbons (Fsp3) is 0.0500. The van der Waals surface area contributed by atoms with Gasteiger partial charge in [0.25, 0.3) is 0 Å². The summed E-state index contributed by atoms with van der Waals surface area (Å²) in [4.78, 5) is 0. The fourth-order valence-electron chi connectivity index (χ4n) is 2.27. The monoisotopic (exact) mass is 302 g/mol. The molecule has 0 saturated heterocycles. The van der Waals surface area contributed by atoms with Gasteiger partial charge in [-0.05, 0) is 42.0 Å². The van der Waals surface area contributed by atoms with Gasteiger partial charge in [0.1, 0.15) is 5.75 Å². The first-order valence-electron chi connectivity index (χ1n) is 7.45. The molecule has 0 heterocycles. The van der Waals surface area contributed by atoms with Crippen LogP contribution < -0.4 is 9.75 Å². The molecule has 0 bridgehead atoms. The Morgan fingerprint density at radius 3 is 1.96 bits per heavy atom. The number of benzene rings is 3. The molecule has 3 heteroatoms. The lowest BCUT2D eigenvalue weighted by Crippen LogP contribution is -2.09. The van der Waals surface area contributed by atoms with E-state index in [1.54, 1.807) is 7.11 Å². The Balaban J connectivity index is 1.94. The van der Waals surface area contributed by atoms with E-state index >= 15 is 0 Å². The molecule has 0 radical (unpaired) electrons. The zero-order valence-corrected chi connectivity index (χ0v) is 13.0. The Kier molecular flexibility index (Phi) is 4.69. The molecule has 3 rings (SSSR count). The van der Waals surface area contributed by atoms with Crippen molar-refractivity contribution in [3.05, 3.63) is 90.5 Å². The predicted octanol–water partition coefficient (Wildman–Crippen LogP) is 4.87. The minimum absolute atomic E-state index is 0.819. The van der Waals surface area contributed by atoms with Crippen molar-refractivity contribution < 1.29 is 4.74 Å². The molecular formula is C20H18N2O. The van der Waals surface area contributed by atoms with Crippen molar-refractivity contribution in [1.29, 1.82) is 0 Å². The first-order chi connectivity index (χ1) is 11.4. The van der Waals surface area contributed by atoms with Gasteiger partial charge >= 0.3 is 0 Å². The van der Waals surface area contributed by atoms with Crippen LogP contribution in [0.5, 0.6) is 5.75 Å². The van der Waals surface area contributed by atoms with Crippen molar-refractivity contribution in [2.45, 2.75) is 0 Å². The van der Waals surface area contributed by atoms with Crippen LogP contribution in [0.15, 0.2) is 90.0 Å². The molecule has 23 heavy (non-hydrogen) atoms. The van der Waals surface area contributed by atoms with E-state index in [1.165, 1.54) is 0 Å². The molecule has 0 unspecified atom stereocenters. The molecule has 0 aliphatic rings. The summed E-state index contributed by atoms with van der Waals surface area (Å²) in [5, 5.41) is 6.58. The standard InChI is InChI=1S/C20H18N2O/c1-23-20-14-8-9-17(15-20)16-21-22(18-10-4-2-5-11-18)19-12-6-3-7-13-19/h2-16H,1H3/b21-16+. The van der Waals surface area contributed by atoms with E-state index in [-0.39, 0.29) is 0 Å². The lowest BCUT2D eigenvalue weighted by atomic mass is 10.2. The van der Waals surface area contributed by atoms with Crippen molar-refractivity contribution in [3.63, 3.8) is 0 Å². The average Bonchev–Trinajstić information content (AvgIpc) is 2.64. The molecule has 114 valence electrons. The number of ether oxygens (including phenoxy) is 1. The fourth-order valence-corrected chi connectivity index (χ4v) is 2.27. The molecule has 3 nitrogen and oxygen atoms in total. The highest BCUT2D eigenvalue weighted by atomic mass is 16.5. The van der Waals surface area contributed by atoms with Gasteiger partial charge in [-0.25, -0.2) is 5.01 Å². The Morgan fingerprint density at radius 2 is 1.39 bits per heavy atom. The molecule has 0 N–H and O–H groups in total. The van der Waals surface area contributed by atoms with Gasteiger partial charge in [0, 0.05) is 0 Å². The number of anilines is 2. The second-order valence-electron chi connectivity index (χ2n) is 5.00. The van der Waals surface area contributed by atoms with Gasteiger partial charge < -0.3 is 4.74 Å². The van der Waals surface area contributed by atoms with Crippen molar-refractivity contribution in [3.8, 4) is 5.75 Å². The number of nitrogens with zero attached hydrogens (tertiary/aromatic N) is 2. The SMILES string of the molecule is COc1cccc(/C=N/N(c2ccccc2)c2ccccc2)c1. The van der Waals surface area contributed by atoms with Crippen LogP contribution in [-0.2, 0) is 0 Å². The lowest BCUT2D eigenvalue weighted by molar-refractivity contribution is 0.415. The first-order valence-corrected chi connectivity index (χ1v) is 7.45. The number of hydrogen-bond acceptors (Lipinski definition) is 3. The van der Waals surface area contributed by atoms with Crippen molar-refractivity contribution in [2.75, 3.05) is 12.1 Å². The summed E-state index contributed by atoms with van der Waals surface area (Å²) in [6.07, 6.45) is 1.84. The third-order valence-electron chi connectivity index (χ3n) is 3.42. The maximum Gasteiger partial charge on any atom is 0.119 e. The number of rotatable bonds is 5. The Morgan fingerprint density at radius 1 is 0.783 bits per heavy atom. The van der Waals surface area contributed by atoms with Crippen LogP contribution in [0.2, 0.25) is 0 Å². The molecule has 0 fully saturated rings. The maximum absolute atomic E-state index is 5.26. The third kappa shape index (κ3) is 3.77. The summed E-state index contributed by atoms with van der Waals surface area (Å²) >= 11 is 0. The number of methoxy groups -OCH3 is 1. The first kappa shape index (κ1) is 14.9. The highest BCUT2D eigenvalue weighted by Crippen LogP contribution is 2.25. The minimum atomic E-state index is 0.819. The van der Waals surface area contributed by atoms with E-state index < -0.39 is 0 Å². The molecule has 0 saturated carbocycles. The van der Waals surface area contributed by atoms with E-state index in [1.807, 2.05) is 96.2 Å². The van der Waals surface area contributed by atoms with Gasteiger partial charge in [0.15, 0.2) is 0 Å². The molecule has 0 aromatic heterocycles. The van der Waals surface area contributed by atoms with Crippen LogP contribution in [0.3, 0.4) is 0 Å². The van der Waals surface area contributed by atoms with Crippen molar-refractivity contribution >= 4 is 17.6 Å². The quantitative estimate of drug-likeness (QED) is 0.496. The minimum Gasteiger partial charge on any atom is -0.497 e. The summed E-state index contributed by atoms with van der Waals surface area (Å²) in [5.74, 6) is 0.819. The Hall–Kier alpha value is -3.07. The second-order valence-corrected chi connectivity index (χ2v) is 5.00. The third-order valence-corrected chi connectivity index (χ3v) is 3.42. The number of hydrazone groups is 1. The normalized spacial score (nSPS) is 10.7. The Labute approximate surface area is 136 Å². The summed E-state index contributed by atoms with van der Waals surface area (Å²) in [6.45, 7) is 0. The van der Waals surface area contributed by atoms with Gasteiger partial charge in [-0.3, -0.25) is 0 Å². The summed E-state index contributed by atoms with van der Waals surface area (Å²) in [6, 6.07) is 28.0. The van der Waals surface area contributed by atoms with Crippen LogP contribution in [0.4, 0.5) is 11.4 Å². The molecule has 0 aliphatic carbocycles. The second kappa shape index (κ2) is 7.27. The zero-order valence-electron chi connectivity index (χ0n) is 13.0. The van der Waals surface area contributed by atoms with Crippen LogP contribution in [0.1, 0.15) is 5.56 Å². The smallest absolute Gasteiger partial charge is 0.119 e. The van der Waals surface area contributed by atoms with Crippen molar-refractivity contribution in [2.24, 2.45) is 5.10 Å².